The van der Waals surface area contributed by atoms with Gasteiger partial charge in [-0.25, -0.2) is 0 Å². The Labute approximate surface area is 110 Å². The summed E-state index contributed by atoms with van der Waals surface area (Å²) in [5, 5.41) is 8.94. The quantitative estimate of drug-likeness (QED) is 0.811. The number of hydrogen-bond acceptors (Lipinski definition) is 2. The van der Waals surface area contributed by atoms with Crippen LogP contribution in [0.3, 0.4) is 0 Å². The lowest BCUT2D eigenvalue weighted by atomic mass is 9.88. The summed E-state index contributed by atoms with van der Waals surface area (Å²) >= 11 is 0. The van der Waals surface area contributed by atoms with Gasteiger partial charge in [-0.1, -0.05) is 26.0 Å². The van der Waals surface area contributed by atoms with E-state index >= 15 is 0 Å². The van der Waals surface area contributed by atoms with Crippen LogP contribution in [0.1, 0.15) is 43.7 Å². The van der Waals surface area contributed by atoms with Gasteiger partial charge in [0.15, 0.2) is 0 Å². The van der Waals surface area contributed by atoms with E-state index < -0.39 is 0 Å². The van der Waals surface area contributed by atoms with Crippen molar-refractivity contribution in [3.63, 3.8) is 0 Å². The summed E-state index contributed by atoms with van der Waals surface area (Å²) in [6.45, 7) is 7.87. The summed E-state index contributed by atoms with van der Waals surface area (Å²) in [4.78, 5) is 2.53. The van der Waals surface area contributed by atoms with Gasteiger partial charge in [-0.3, -0.25) is 0 Å². The Balaban J connectivity index is 1.95. The van der Waals surface area contributed by atoms with Crippen molar-refractivity contribution in [2.45, 2.75) is 32.6 Å². The van der Waals surface area contributed by atoms with E-state index in [0.29, 0.717) is 5.92 Å². The highest BCUT2D eigenvalue weighted by molar-refractivity contribution is 5.34. The molecule has 0 aliphatic carbocycles. The molecule has 1 saturated heterocycles. The molecule has 0 amide bonds. The van der Waals surface area contributed by atoms with Crippen LogP contribution in [-0.2, 0) is 0 Å². The lowest BCUT2D eigenvalue weighted by Gasteiger charge is -2.33. The normalized spacial score (nSPS) is 17.9. The van der Waals surface area contributed by atoms with E-state index in [2.05, 4.69) is 36.9 Å². The molecule has 0 bridgehead atoms. The van der Waals surface area contributed by atoms with Gasteiger partial charge in [0.2, 0.25) is 0 Å². The first-order valence-electron chi connectivity index (χ1n) is 6.70. The molecule has 95 valence electrons. The predicted molar refractivity (Wildman–Crippen MR) is 74.2 cm³/mol. The number of nitriles is 1. The molecule has 18 heavy (non-hydrogen) atoms. The molecule has 1 radical (unpaired) electrons. The van der Waals surface area contributed by atoms with Crippen molar-refractivity contribution in [2.75, 3.05) is 19.6 Å². The van der Waals surface area contributed by atoms with E-state index in [-0.39, 0.29) is 0 Å². The predicted octanol–water partition coefficient (Wildman–Crippen LogP) is 3.35. The number of rotatable bonds is 3. The molecule has 0 atom stereocenters. The van der Waals surface area contributed by atoms with E-state index in [1.54, 1.807) is 0 Å². The maximum atomic E-state index is 8.94. The third kappa shape index (κ3) is 3.34. The average molecular weight is 241 g/mol. The van der Waals surface area contributed by atoms with Crippen LogP contribution in [0, 0.1) is 17.2 Å². The highest BCUT2D eigenvalue weighted by Crippen LogP contribution is 2.28. The fraction of sp³-hybridized carbons (Fsp3) is 0.500. The van der Waals surface area contributed by atoms with Gasteiger partial charge in [-0.05, 0) is 55.5 Å². The van der Waals surface area contributed by atoms with Crippen LogP contribution in [0.2, 0.25) is 0 Å². The van der Waals surface area contributed by atoms with Crippen LogP contribution >= 0.6 is 0 Å². The molecule has 1 fully saturated rings. The van der Waals surface area contributed by atoms with E-state index in [0.717, 1.165) is 12.1 Å². The molecular formula is C16H21N2. The third-order valence-corrected chi connectivity index (χ3v) is 3.61. The van der Waals surface area contributed by atoms with E-state index in [1.807, 2.05) is 12.1 Å². The van der Waals surface area contributed by atoms with Crippen molar-refractivity contribution < 1.29 is 0 Å². The molecule has 0 spiro atoms. The summed E-state index contributed by atoms with van der Waals surface area (Å²) in [7, 11) is 0. The standard InChI is InChI=1S/C16H21N2/c1-13(2)12-18-8-6-15(7-9-18)16-5-3-4-14(10-16)11-17/h3-5,10,15H,6-9,12H2,1-2H3. The minimum Gasteiger partial charge on any atom is -0.303 e. The number of benzene rings is 1. The highest BCUT2D eigenvalue weighted by Gasteiger charge is 2.21. The molecule has 0 unspecified atom stereocenters. The second-order valence-corrected chi connectivity index (χ2v) is 5.49. The topological polar surface area (TPSA) is 27.0 Å². The fourth-order valence-corrected chi connectivity index (χ4v) is 2.73. The van der Waals surface area contributed by atoms with Crippen LogP contribution in [0.5, 0.6) is 0 Å². The molecular weight excluding hydrogens is 220 g/mol. The van der Waals surface area contributed by atoms with E-state index in [9.17, 15) is 0 Å². The lowest BCUT2D eigenvalue weighted by molar-refractivity contribution is 0.220. The molecule has 0 N–H and O–H groups in total. The first-order chi connectivity index (χ1) is 8.69. The zero-order valence-electron chi connectivity index (χ0n) is 11.3. The van der Waals surface area contributed by atoms with Gasteiger partial charge in [-0.2, -0.15) is 5.26 Å². The lowest BCUT2D eigenvalue weighted by Crippen LogP contribution is -2.35. The molecule has 0 saturated carbocycles. The zero-order chi connectivity index (χ0) is 13.0. The summed E-state index contributed by atoms with van der Waals surface area (Å²) in [6, 6.07) is 10.3. The molecule has 2 heteroatoms. The van der Waals surface area contributed by atoms with Crippen LogP contribution in [0.25, 0.3) is 0 Å². The van der Waals surface area contributed by atoms with E-state index in [1.165, 1.54) is 37.4 Å². The van der Waals surface area contributed by atoms with Crippen LogP contribution in [0.4, 0.5) is 0 Å². The Morgan fingerprint density at radius 1 is 1.33 bits per heavy atom. The third-order valence-electron chi connectivity index (χ3n) is 3.61. The Bertz CT molecular complexity index is 423. The second kappa shape index (κ2) is 6.02. The highest BCUT2D eigenvalue weighted by atomic mass is 15.1. The fourth-order valence-electron chi connectivity index (χ4n) is 2.73. The molecule has 1 aromatic carbocycles. The molecule has 2 nitrogen and oxygen atoms in total. The molecule has 1 aromatic rings. The van der Waals surface area contributed by atoms with Crippen molar-refractivity contribution in [3.8, 4) is 6.07 Å². The van der Waals surface area contributed by atoms with Crippen LogP contribution < -0.4 is 0 Å². The number of hydrogen-bond donors (Lipinski definition) is 0. The van der Waals surface area contributed by atoms with Crippen LogP contribution in [0.15, 0.2) is 24.3 Å². The molecule has 1 heterocycles. The van der Waals surface area contributed by atoms with Crippen molar-refractivity contribution >= 4 is 0 Å². The maximum Gasteiger partial charge on any atom is 0.0991 e. The molecule has 2 rings (SSSR count). The minimum atomic E-state index is 0.631. The van der Waals surface area contributed by atoms with Crippen molar-refractivity contribution in [2.24, 2.45) is 0 Å². The molecule has 0 aromatic heterocycles. The number of piperidine rings is 1. The maximum absolute atomic E-state index is 8.94. The molecule has 1 aliphatic rings. The Kier molecular flexibility index (Phi) is 4.38. The van der Waals surface area contributed by atoms with Crippen molar-refractivity contribution in [1.29, 1.82) is 5.26 Å². The zero-order valence-corrected chi connectivity index (χ0v) is 11.3. The van der Waals surface area contributed by atoms with Gasteiger partial charge in [0.05, 0.1) is 11.6 Å². The van der Waals surface area contributed by atoms with Crippen LogP contribution in [-0.4, -0.2) is 24.5 Å². The monoisotopic (exact) mass is 241 g/mol. The molecule has 1 aliphatic heterocycles. The first-order valence-corrected chi connectivity index (χ1v) is 6.70. The summed E-state index contributed by atoms with van der Waals surface area (Å²) in [5.74, 6) is 2.12. The number of likely N-dealkylation sites (tertiary alicyclic amines) is 1. The Hall–Kier alpha value is -1.33. The summed E-state index contributed by atoms with van der Waals surface area (Å²) in [5.41, 5.74) is 2.12. The summed E-state index contributed by atoms with van der Waals surface area (Å²) < 4.78 is 0. The minimum absolute atomic E-state index is 0.631. The smallest absolute Gasteiger partial charge is 0.0991 e. The SMILES string of the molecule is C[C](C)CN1CCC(c2cccc(C#N)c2)CC1. The van der Waals surface area contributed by atoms with Gasteiger partial charge in [0.1, 0.15) is 0 Å². The van der Waals surface area contributed by atoms with E-state index in [4.69, 9.17) is 5.26 Å². The largest absolute Gasteiger partial charge is 0.303 e. The summed E-state index contributed by atoms with van der Waals surface area (Å²) in [6.07, 6.45) is 2.42. The average Bonchev–Trinajstić information content (AvgIpc) is 2.39. The van der Waals surface area contributed by atoms with Gasteiger partial charge < -0.3 is 4.90 Å². The Morgan fingerprint density at radius 3 is 2.67 bits per heavy atom. The second-order valence-electron chi connectivity index (χ2n) is 5.49. The Morgan fingerprint density at radius 2 is 2.06 bits per heavy atom. The van der Waals surface area contributed by atoms with Gasteiger partial charge >= 0.3 is 0 Å². The van der Waals surface area contributed by atoms with Crippen molar-refractivity contribution in [1.82, 2.24) is 4.90 Å². The van der Waals surface area contributed by atoms with Gasteiger partial charge in [0.25, 0.3) is 0 Å². The van der Waals surface area contributed by atoms with Gasteiger partial charge in [-0.15, -0.1) is 0 Å². The van der Waals surface area contributed by atoms with Gasteiger partial charge in [0, 0.05) is 6.54 Å². The first kappa shape index (κ1) is 13.1. The number of nitrogens with zero attached hydrogens (tertiary/aromatic N) is 2. The van der Waals surface area contributed by atoms with Crippen molar-refractivity contribution in [3.05, 3.63) is 41.3 Å².